The number of hydrogen-bond acceptors (Lipinski definition) is 4. The van der Waals surface area contributed by atoms with Crippen LogP contribution in [-0.4, -0.2) is 11.8 Å². The summed E-state index contributed by atoms with van der Waals surface area (Å²) < 4.78 is 24.3. The summed E-state index contributed by atoms with van der Waals surface area (Å²) in [6.45, 7) is 0. The molecule has 1 heterocycles. The molecule has 1 atom stereocenters. The zero-order valence-electron chi connectivity index (χ0n) is 15.0. The van der Waals surface area contributed by atoms with Crippen molar-refractivity contribution in [2.75, 3.05) is 0 Å². The highest BCUT2D eigenvalue weighted by atomic mass is 35.5. The van der Waals surface area contributed by atoms with E-state index in [2.05, 4.69) is 0 Å². The lowest BCUT2D eigenvalue weighted by atomic mass is 10.1. The molecule has 4 nitrogen and oxygen atoms in total. The first kappa shape index (κ1) is 18.9. The number of ketones is 1. The second kappa shape index (κ2) is 7.89. The van der Waals surface area contributed by atoms with Crippen LogP contribution in [0.3, 0.4) is 0 Å². The first-order valence-corrected chi connectivity index (χ1v) is 9.19. The van der Waals surface area contributed by atoms with Crippen molar-refractivity contribution >= 4 is 29.4 Å². The quantitative estimate of drug-likeness (QED) is 0.253. The van der Waals surface area contributed by atoms with Crippen molar-refractivity contribution in [2.24, 2.45) is 0 Å². The number of carbonyl (C=O) groups is 2. The fourth-order valence-electron chi connectivity index (χ4n) is 2.90. The van der Waals surface area contributed by atoms with Crippen LogP contribution >= 0.6 is 11.6 Å². The zero-order chi connectivity index (χ0) is 20.4. The van der Waals surface area contributed by atoms with Gasteiger partial charge in [0.1, 0.15) is 17.3 Å². The maximum absolute atomic E-state index is 13.3. The molecule has 0 spiro atoms. The molecule has 0 saturated carbocycles. The molecule has 0 amide bonds. The molecule has 3 aromatic carbocycles. The molecule has 4 rings (SSSR count). The van der Waals surface area contributed by atoms with Gasteiger partial charge in [0, 0.05) is 6.07 Å². The Hall–Kier alpha value is -3.44. The van der Waals surface area contributed by atoms with Crippen LogP contribution < -0.4 is 9.47 Å². The van der Waals surface area contributed by atoms with Gasteiger partial charge in [-0.15, -0.1) is 11.6 Å². The molecule has 1 aliphatic rings. The highest BCUT2D eigenvalue weighted by molar-refractivity contribution is 6.30. The Morgan fingerprint density at radius 3 is 2.59 bits per heavy atom. The molecule has 1 aliphatic heterocycles. The summed E-state index contributed by atoms with van der Waals surface area (Å²) in [6, 6.07) is 19.1. The molecule has 6 heteroatoms. The van der Waals surface area contributed by atoms with E-state index >= 15 is 0 Å². The largest absolute Gasteiger partial charge is 0.452 e. The number of alkyl halides is 1. The van der Waals surface area contributed by atoms with Gasteiger partial charge in [-0.25, -0.2) is 9.18 Å². The third-order valence-corrected chi connectivity index (χ3v) is 4.74. The number of rotatable bonds is 4. The Labute approximate surface area is 171 Å². The molecule has 0 bridgehead atoms. The molecule has 0 fully saturated rings. The van der Waals surface area contributed by atoms with Crippen LogP contribution in [0.2, 0.25) is 0 Å². The second-order valence-corrected chi connectivity index (χ2v) is 6.78. The molecule has 144 valence electrons. The van der Waals surface area contributed by atoms with Crippen molar-refractivity contribution in [2.45, 2.75) is 5.38 Å². The number of allylic oxidation sites excluding steroid dienone is 1. The zero-order valence-corrected chi connectivity index (χ0v) is 15.7. The maximum Gasteiger partial charge on any atom is 0.334 e. The van der Waals surface area contributed by atoms with Crippen molar-refractivity contribution in [1.82, 2.24) is 0 Å². The van der Waals surface area contributed by atoms with Crippen LogP contribution in [0, 0.1) is 5.82 Å². The number of Topliss-reactive ketones (excluding diaryl/α,β-unsaturated/α-hetero) is 1. The fraction of sp³-hybridized carbons (Fsp3) is 0.0435. The van der Waals surface area contributed by atoms with Crippen molar-refractivity contribution in [3.05, 3.63) is 101 Å². The summed E-state index contributed by atoms with van der Waals surface area (Å²) in [5, 5.41) is -0.963. The molecular weight excluding hydrogens is 395 g/mol. The third kappa shape index (κ3) is 4.05. The highest BCUT2D eigenvalue weighted by Crippen LogP contribution is 2.35. The van der Waals surface area contributed by atoms with Crippen LogP contribution in [-0.2, 0) is 4.79 Å². The van der Waals surface area contributed by atoms with Crippen molar-refractivity contribution in [3.8, 4) is 11.5 Å². The van der Waals surface area contributed by atoms with E-state index in [1.165, 1.54) is 36.4 Å². The third-order valence-electron chi connectivity index (χ3n) is 4.31. The van der Waals surface area contributed by atoms with Gasteiger partial charge in [0.15, 0.2) is 11.1 Å². The van der Waals surface area contributed by atoms with Crippen LogP contribution in [0.5, 0.6) is 11.5 Å². The molecule has 29 heavy (non-hydrogen) atoms. The number of hydrogen-bond donors (Lipinski definition) is 0. The van der Waals surface area contributed by atoms with Gasteiger partial charge in [-0.1, -0.05) is 42.5 Å². The molecular formula is C23H14ClFO4. The minimum absolute atomic E-state index is 0.0635. The Balaban J connectivity index is 1.52. The van der Waals surface area contributed by atoms with Crippen LogP contribution in [0.25, 0.3) is 6.08 Å². The van der Waals surface area contributed by atoms with Gasteiger partial charge in [-0.3, -0.25) is 4.79 Å². The lowest BCUT2D eigenvalue weighted by Gasteiger charge is -2.10. The maximum atomic E-state index is 13.3. The monoisotopic (exact) mass is 408 g/mol. The summed E-state index contributed by atoms with van der Waals surface area (Å²) in [5.41, 5.74) is 1.45. The summed E-state index contributed by atoms with van der Waals surface area (Å²) in [6.07, 6.45) is 1.46. The summed E-state index contributed by atoms with van der Waals surface area (Å²) >= 11 is 6.17. The highest BCUT2D eigenvalue weighted by Gasteiger charge is 2.28. The summed E-state index contributed by atoms with van der Waals surface area (Å²) in [4.78, 5) is 24.8. The van der Waals surface area contributed by atoms with Crippen LogP contribution in [0.1, 0.15) is 26.9 Å². The van der Waals surface area contributed by atoms with E-state index in [4.69, 9.17) is 21.1 Å². The van der Waals surface area contributed by atoms with Crippen molar-refractivity contribution in [3.63, 3.8) is 0 Å². The van der Waals surface area contributed by atoms with E-state index < -0.39 is 17.2 Å². The molecule has 1 unspecified atom stereocenters. The minimum atomic E-state index is -0.963. The molecule has 3 aromatic rings. The van der Waals surface area contributed by atoms with E-state index in [1.807, 2.05) is 6.07 Å². The van der Waals surface area contributed by atoms with Gasteiger partial charge in [0.05, 0.1) is 5.56 Å². The SMILES string of the molecule is O=C1/C(=C/c2cccc(F)c2)Oc2cc(OC(=O)C(Cl)c3ccccc3)ccc21. The average Bonchev–Trinajstić information content (AvgIpc) is 3.03. The Morgan fingerprint density at radius 1 is 1.03 bits per heavy atom. The van der Waals surface area contributed by atoms with Crippen molar-refractivity contribution < 1.29 is 23.5 Å². The van der Waals surface area contributed by atoms with Crippen LogP contribution in [0.15, 0.2) is 78.6 Å². The number of esters is 1. The number of fused-ring (bicyclic) bond motifs is 1. The van der Waals surface area contributed by atoms with Gasteiger partial charge in [0.25, 0.3) is 0 Å². The molecule has 0 aromatic heterocycles. The average molecular weight is 409 g/mol. The number of benzene rings is 3. The molecule has 0 radical (unpaired) electrons. The number of carbonyl (C=O) groups excluding carboxylic acids is 2. The predicted octanol–water partition coefficient (Wildman–Crippen LogP) is 5.33. The first-order valence-electron chi connectivity index (χ1n) is 8.76. The number of ether oxygens (including phenoxy) is 2. The summed E-state index contributed by atoms with van der Waals surface area (Å²) in [5.74, 6) is -0.859. The Kier molecular flexibility index (Phi) is 5.14. The van der Waals surface area contributed by atoms with Gasteiger partial charge in [-0.2, -0.15) is 0 Å². The van der Waals surface area contributed by atoms with Gasteiger partial charge in [-0.05, 0) is 41.5 Å². The van der Waals surface area contributed by atoms with Gasteiger partial charge < -0.3 is 9.47 Å². The lowest BCUT2D eigenvalue weighted by molar-refractivity contribution is -0.134. The Bertz CT molecular complexity index is 1120. The molecule has 0 aliphatic carbocycles. The minimum Gasteiger partial charge on any atom is -0.452 e. The lowest BCUT2D eigenvalue weighted by Crippen LogP contribution is -2.14. The first-order chi connectivity index (χ1) is 14.0. The molecule has 0 N–H and O–H groups in total. The second-order valence-electron chi connectivity index (χ2n) is 6.35. The van der Waals surface area contributed by atoms with E-state index in [-0.39, 0.29) is 23.0 Å². The predicted molar refractivity (Wildman–Crippen MR) is 106 cm³/mol. The van der Waals surface area contributed by atoms with E-state index in [0.717, 1.165) is 0 Å². The van der Waals surface area contributed by atoms with E-state index in [1.54, 1.807) is 36.4 Å². The topological polar surface area (TPSA) is 52.6 Å². The van der Waals surface area contributed by atoms with Gasteiger partial charge >= 0.3 is 5.97 Å². The summed E-state index contributed by atoms with van der Waals surface area (Å²) in [7, 11) is 0. The Morgan fingerprint density at radius 2 is 1.83 bits per heavy atom. The van der Waals surface area contributed by atoms with E-state index in [9.17, 15) is 14.0 Å². The van der Waals surface area contributed by atoms with E-state index in [0.29, 0.717) is 16.7 Å². The normalized spacial score (nSPS) is 15.0. The van der Waals surface area contributed by atoms with Crippen LogP contribution in [0.4, 0.5) is 4.39 Å². The van der Waals surface area contributed by atoms with Crippen molar-refractivity contribution in [1.29, 1.82) is 0 Å². The van der Waals surface area contributed by atoms with Gasteiger partial charge in [0.2, 0.25) is 5.78 Å². The number of halogens is 2. The standard InChI is InChI=1S/C23H14ClFO4/c24-21(15-6-2-1-3-7-15)23(27)28-17-9-10-18-19(13-17)29-20(22(18)26)12-14-5-4-8-16(25)11-14/h1-13,21H/b20-12-. The molecule has 0 saturated heterocycles. The smallest absolute Gasteiger partial charge is 0.334 e. The fourth-order valence-corrected chi connectivity index (χ4v) is 3.09.